The van der Waals surface area contributed by atoms with Gasteiger partial charge in [-0.3, -0.25) is 19.7 Å². The van der Waals surface area contributed by atoms with Crippen LogP contribution in [0.3, 0.4) is 0 Å². The highest BCUT2D eigenvalue weighted by Gasteiger charge is 2.36. The molecule has 0 saturated carbocycles. The van der Waals surface area contributed by atoms with E-state index < -0.39 is 23.8 Å². The monoisotopic (exact) mass is 315 g/mol. The molecule has 0 spiro atoms. The van der Waals surface area contributed by atoms with Crippen LogP contribution in [0.4, 0.5) is 0 Å². The molecule has 3 amide bonds. The number of carbonyl (C=O) groups excluding carboxylic acids is 3. The summed E-state index contributed by atoms with van der Waals surface area (Å²) >= 11 is 11.5. The van der Waals surface area contributed by atoms with Crippen LogP contribution >= 0.6 is 23.2 Å². The molecule has 2 rings (SSSR count). The predicted molar refractivity (Wildman–Crippen MR) is 72.5 cm³/mol. The molecular formula is C12H11Cl2N3O3. The number of halogens is 2. The zero-order valence-corrected chi connectivity index (χ0v) is 12.0. The Kier molecular flexibility index (Phi) is 4.25. The number of nitrogens with zero attached hydrogens (tertiary/aromatic N) is 2. The molecule has 0 aliphatic carbocycles. The Labute approximate surface area is 125 Å². The van der Waals surface area contributed by atoms with E-state index in [0.717, 1.165) is 0 Å². The fraction of sp³-hybridized carbons (Fsp3) is 0.333. The first-order chi connectivity index (χ1) is 9.43. The molecule has 1 aliphatic rings. The summed E-state index contributed by atoms with van der Waals surface area (Å²) < 4.78 is 0. The van der Waals surface area contributed by atoms with E-state index in [1.165, 1.54) is 17.0 Å². The second kappa shape index (κ2) is 5.76. The van der Waals surface area contributed by atoms with Gasteiger partial charge in [0.15, 0.2) is 0 Å². The standard InChI is InChI=1S/C12H11Cl2N3O3/c1-2-7-11(19)16-9(18)5-17(7)12(20)6-3-4-8(13)15-10(6)14/h3-4,7H,2,5H2,1H3,(H,16,18,19). The third-order valence-electron chi connectivity index (χ3n) is 2.95. The van der Waals surface area contributed by atoms with Gasteiger partial charge in [-0.2, -0.15) is 0 Å². The molecule has 8 heteroatoms. The van der Waals surface area contributed by atoms with E-state index >= 15 is 0 Å². The largest absolute Gasteiger partial charge is 0.317 e. The van der Waals surface area contributed by atoms with Crippen molar-refractivity contribution in [1.29, 1.82) is 0 Å². The minimum Gasteiger partial charge on any atom is -0.317 e. The fourth-order valence-corrected chi connectivity index (χ4v) is 2.44. The van der Waals surface area contributed by atoms with Crippen LogP contribution in [0.15, 0.2) is 12.1 Å². The first-order valence-electron chi connectivity index (χ1n) is 5.90. The van der Waals surface area contributed by atoms with Gasteiger partial charge in [0.05, 0.1) is 5.56 Å². The molecule has 6 nitrogen and oxygen atoms in total. The molecule has 2 heterocycles. The molecule has 0 radical (unpaired) electrons. The van der Waals surface area contributed by atoms with Crippen LogP contribution in [0.2, 0.25) is 10.3 Å². The molecule has 1 aromatic heterocycles. The van der Waals surface area contributed by atoms with E-state index in [0.29, 0.717) is 6.42 Å². The molecule has 1 aliphatic heterocycles. The van der Waals surface area contributed by atoms with Crippen LogP contribution in [-0.2, 0) is 9.59 Å². The zero-order chi connectivity index (χ0) is 14.9. The zero-order valence-electron chi connectivity index (χ0n) is 10.5. The van der Waals surface area contributed by atoms with Crippen LogP contribution in [0, 0.1) is 0 Å². The lowest BCUT2D eigenvalue weighted by atomic mass is 10.1. The number of hydrogen-bond donors (Lipinski definition) is 1. The lowest BCUT2D eigenvalue weighted by molar-refractivity contribution is -0.138. The van der Waals surface area contributed by atoms with Crippen molar-refractivity contribution in [3.8, 4) is 0 Å². The molecule has 0 aromatic carbocycles. The topological polar surface area (TPSA) is 79.4 Å². The Morgan fingerprint density at radius 2 is 2.15 bits per heavy atom. The van der Waals surface area contributed by atoms with Crippen LogP contribution in [0.25, 0.3) is 0 Å². The van der Waals surface area contributed by atoms with E-state index in [-0.39, 0.29) is 22.4 Å². The first kappa shape index (κ1) is 14.7. The highest BCUT2D eigenvalue weighted by atomic mass is 35.5. The van der Waals surface area contributed by atoms with Crippen molar-refractivity contribution < 1.29 is 14.4 Å². The quantitative estimate of drug-likeness (QED) is 0.658. The normalized spacial score (nSPS) is 18.9. The van der Waals surface area contributed by atoms with E-state index in [1.54, 1.807) is 6.92 Å². The Morgan fingerprint density at radius 3 is 2.75 bits per heavy atom. The van der Waals surface area contributed by atoms with Crippen molar-refractivity contribution in [2.45, 2.75) is 19.4 Å². The number of nitrogens with one attached hydrogen (secondary N) is 1. The van der Waals surface area contributed by atoms with Gasteiger partial charge in [0, 0.05) is 0 Å². The average Bonchev–Trinajstić information content (AvgIpc) is 2.37. The molecule has 1 fully saturated rings. The predicted octanol–water partition coefficient (Wildman–Crippen LogP) is 1.27. The summed E-state index contributed by atoms with van der Waals surface area (Å²) in [6.07, 6.45) is 0.392. The van der Waals surface area contributed by atoms with Crippen molar-refractivity contribution >= 4 is 40.9 Å². The molecule has 106 valence electrons. The molecule has 1 N–H and O–H groups in total. The Hall–Kier alpha value is -1.66. The molecule has 1 saturated heterocycles. The van der Waals surface area contributed by atoms with Crippen molar-refractivity contribution in [1.82, 2.24) is 15.2 Å². The van der Waals surface area contributed by atoms with Crippen LogP contribution in [-0.4, -0.2) is 40.2 Å². The average molecular weight is 316 g/mol. The smallest absolute Gasteiger partial charge is 0.258 e. The number of hydrogen-bond acceptors (Lipinski definition) is 4. The van der Waals surface area contributed by atoms with E-state index in [2.05, 4.69) is 10.3 Å². The summed E-state index contributed by atoms with van der Waals surface area (Å²) in [5.74, 6) is -1.53. The third kappa shape index (κ3) is 2.76. The van der Waals surface area contributed by atoms with Crippen molar-refractivity contribution in [3.63, 3.8) is 0 Å². The molecule has 20 heavy (non-hydrogen) atoms. The maximum Gasteiger partial charge on any atom is 0.258 e. The highest BCUT2D eigenvalue weighted by molar-refractivity contribution is 6.34. The molecule has 1 unspecified atom stereocenters. The maximum absolute atomic E-state index is 12.4. The van der Waals surface area contributed by atoms with Gasteiger partial charge in [0.1, 0.15) is 22.9 Å². The SMILES string of the molecule is CCC1C(=O)NC(=O)CN1C(=O)c1ccc(Cl)nc1Cl. The molecular weight excluding hydrogens is 305 g/mol. The number of piperazine rings is 1. The van der Waals surface area contributed by atoms with Gasteiger partial charge in [-0.25, -0.2) is 4.98 Å². The Morgan fingerprint density at radius 1 is 1.45 bits per heavy atom. The Bertz CT molecular complexity index is 591. The van der Waals surface area contributed by atoms with Gasteiger partial charge in [-0.1, -0.05) is 30.1 Å². The van der Waals surface area contributed by atoms with E-state index in [4.69, 9.17) is 23.2 Å². The summed E-state index contributed by atoms with van der Waals surface area (Å²) in [7, 11) is 0. The van der Waals surface area contributed by atoms with Crippen LogP contribution in [0.5, 0.6) is 0 Å². The number of pyridine rings is 1. The van der Waals surface area contributed by atoms with Gasteiger partial charge >= 0.3 is 0 Å². The lowest BCUT2D eigenvalue weighted by Gasteiger charge is -2.33. The Balaban J connectivity index is 2.34. The minimum absolute atomic E-state index is 0.0595. The molecule has 1 atom stereocenters. The van der Waals surface area contributed by atoms with Crippen LogP contribution in [0.1, 0.15) is 23.7 Å². The summed E-state index contributed by atoms with van der Waals surface area (Å²) in [6, 6.07) is 2.14. The number of carbonyl (C=O) groups is 3. The summed E-state index contributed by atoms with van der Waals surface area (Å²) in [4.78, 5) is 40.5. The van der Waals surface area contributed by atoms with Gasteiger partial charge in [0.2, 0.25) is 11.8 Å². The lowest BCUT2D eigenvalue weighted by Crippen LogP contribution is -2.59. The first-order valence-corrected chi connectivity index (χ1v) is 6.66. The second-order valence-electron chi connectivity index (χ2n) is 4.24. The number of aromatic nitrogens is 1. The summed E-state index contributed by atoms with van der Waals surface area (Å²) in [5, 5.41) is 2.30. The van der Waals surface area contributed by atoms with Crippen LogP contribution < -0.4 is 5.32 Å². The van der Waals surface area contributed by atoms with Gasteiger partial charge in [-0.05, 0) is 18.6 Å². The fourth-order valence-electron chi connectivity index (χ4n) is 2.01. The third-order valence-corrected chi connectivity index (χ3v) is 3.45. The van der Waals surface area contributed by atoms with Gasteiger partial charge in [0.25, 0.3) is 5.91 Å². The van der Waals surface area contributed by atoms with E-state index in [1.807, 2.05) is 0 Å². The molecule has 1 aromatic rings. The number of rotatable bonds is 2. The van der Waals surface area contributed by atoms with Crippen molar-refractivity contribution in [3.05, 3.63) is 28.0 Å². The summed E-state index contributed by atoms with van der Waals surface area (Å²) in [5.41, 5.74) is 0.108. The maximum atomic E-state index is 12.4. The number of amides is 3. The molecule has 0 bridgehead atoms. The highest BCUT2D eigenvalue weighted by Crippen LogP contribution is 2.21. The van der Waals surface area contributed by atoms with Gasteiger partial charge < -0.3 is 4.90 Å². The van der Waals surface area contributed by atoms with Crippen molar-refractivity contribution in [2.24, 2.45) is 0 Å². The minimum atomic E-state index is -0.702. The summed E-state index contributed by atoms with van der Waals surface area (Å²) in [6.45, 7) is 1.56. The second-order valence-corrected chi connectivity index (χ2v) is 4.99. The number of imide groups is 1. The van der Waals surface area contributed by atoms with E-state index in [9.17, 15) is 14.4 Å². The van der Waals surface area contributed by atoms with Gasteiger partial charge in [-0.15, -0.1) is 0 Å². The van der Waals surface area contributed by atoms with Crippen molar-refractivity contribution in [2.75, 3.05) is 6.54 Å².